The summed E-state index contributed by atoms with van der Waals surface area (Å²) in [6.45, 7) is 3.91. The summed E-state index contributed by atoms with van der Waals surface area (Å²) in [5, 5.41) is 9.35. The average molecular weight is 306 g/mol. The number of hydrogen-bond acceptors (Lipinski definition) is 2. The molecule has 1 saturated carbocycles. The van der Waals surface area contributed by atoms with Gasteiger partial charge in [-0.25, -0.2) is 0 Å². The fourth-order valence-corrected chi connectivity index (χ4v) is 3.73. The molecule has 4 heteroatoms. The van der Waals surface area contributed by atoms with Crippen molar-refractivity contribution in [2.24, 2.45) is 5.92 Å². The summed E-state index contributed by atoms with van der Waals surface area (Å²) in [5.74, 6) is 1.40. The molecule has 2 nitrogen and oxygen atoms in total. The van der Waals surface area contributed by atoms with E-state index in [0.29, 0.717) is 22.0 Å². The van der Waals surface area contributed by atoms with Gasteiger partial charge in [0.2, 0.25) is 0 Å². The van der Waals surface area contributed by atoms with Gasteiger partial charge in [0, 0.05) is 16.3 Å². The van der Waals surface area contributed by atoms with Crippen molar-refractivity contribution in [1.82, 2.24) is 0 Å². The maximum Gasteiger partial charge on any atom is 0.121 e. The Bertz CT molecular complexity index is 526. The number of halogens is 1. The largest absolute Gasteiger partial charge is 0.490 e. The van der Waals surface area contributed by atoms with Gasteiger partial charge >= 0.3 is 0 Å². The molecule has 0 aromatic heterocycles. The van der Waals surface area contributed by atoms with Crippen molar-refractivity contribution in [1.29, 1.82) is 5.26 Å². The lowest BCUT2D eigenvalue weighted by molar-refractivity contribution is 0.183. The summed E-state index contributed by atoms with van der Waals surface area (Å²) < 4.78 is 6.13. The maximum absolute atomic E-state index is 8.89. The summed E-state index contributed by atoms with van der Waals surface area (Å²) in [5.41, 5.74) is 1.16. The zero-order chi connectivity index (χ0) is 14.5. The van der Waals surface area contributed by atoms with E-state index in [4.69, 9.17) is 21.6 Å². The Hall–Kier alpha value is -1.24. The first kappa shape index (κ1) is 15.2. The highest BCUT2D eigenvalue weighted by Gasteiger charge is 2.24. The molecular weight excluding hydrogens is 286 g/mol. The molecule has 1 aromatic rings. The van der Waals surface area contributed by atoms with Crippen molar-refractivity contribution in [2.45, 2.75) is 37.3 Å². The predicted molar refractivity (Wildman–Crippen MR) is 86.4 cm³/mol. The zero-order valence-corrected chi connectivity index (χ0v) is 14.6. The van der Waals surface area contributed by atoms with Crippen molar-refractivity contribution >= 4 is 21.8 Å². The molecule has 0 amide bonds. The molecular formula is C16H20ClNOSi. The van der Waals surface area contributed by atoms with Crippen LogP contribution in [0.1, 0.15) is 31.2 Å². The fourth-order valence-electron chi connectivity index (χ4n) is 2.72. The minimum Gasteiger partial charge on any atom is -0.490 e. The SMILES string of the molecule is C=C[C@@H]1CCC([SiH3])[C@@H](Oc2ccc(C#N)c(Cl)c2)CC1. The van der Waals surface area contributed by atoms with Crippen LogP contribution in [0.4, 0.5) is 0 Å². The lowest BCUT2D eigenvalue weighted by Crippen LogP contribution is -2.22. The number of benzene rings is 1. The molecule has 106 valence electrons. The molecule has 0 radical (unpaired) electrons. The normalized spacial score (nSPS) is 26.5. The van der Waals surface area contributed by atoms with Crippen LogP contribution >= 0.6 is 11.6 Å². The van der Waals surface area contributed by atoms with E-state index in [-0.39, 0.29) is 6.10 Å². The Labute approximate surface area is 128 Å². The minimum absolute atomic E-state index is 0.274. The molecule has 0 heterocycles. The molecule has 0 bridgehead atoms. The molecule has 1 aliphatic rings. The van der Waals surface area contributed by atoms with Crippen LogP contribution in [0.2, 0.25) is 10.6 Å². The van der Waals surface area contributed by atoms with Crippen LogP contribution in [-0.4, -0.2) is 16.3 Å². The van der Waals surface area contributed by atoms with E-state index in [2.05, 4.69) is 18.7 Å². The second kappa shape index (κ2) is 6.96. The summed E-state index contributed by atoms with van der Waals surface area (Å²) >= 11 is 6.05. The third-order valence-electron chi connectivity index (χ3n) is 4.13. The van der Waals surface area contributed by atoms with Gasteiger partial charge in [-0.2, -0.15) is 5.26 Å². The highest BCUT2D eigenvalue weighted by atomic mass is 35.5. The second-order valence-corrected chi connectivity index (χ2v) is 7.43. The quantitative estimate of drug-likeness (QED) is 0.486. The maximum atomic E-state index is 8.89. The van der Waals surface area contributed by atoms with Gasteiger partial charge in [-0.15, -0.1) is 6.58 Å². The van der Waals surface area contributed by atoms with Crippen LogP contribution in [0.25, 0.3) is 0 Å². The smallest absolute Gasteiger partial charge is 0.121 e. The van der Waals surface area contributed by atoms with Gasteiger partial charge in [0.05, 0.1) is 16.7 Å². The Morgan fingerprint density at radius 3 is 2.75 bits per heavy atom. The fraction of sp³-hybridized carbons (Fsp3) is 0.438. The minimum atomic E-state index is 0.274. The van der Waals surface area contributed by atoms with Gasteiger partial charge in [-0.05, 0) is 49.3 Å². The molecule has 2 rings (SSSR count). The third kappa shape index (κ3) is 3.65. The summed E-state index contributed by atoms with van der Waals surface area (Å²) in [6, 6.07) is 7.39. The number of allylic oxidation sites excluding steroid dienone is 1. The van der Waals surface area contributed by atoms with E-state index in [0.717, 1.165) is 28.8 Å². The van der Waals surface area contributed by atoms with Crippen LogP contribution in [0.15, 0.2) is 30.9 Å². The van der Waals surface area contributed by atoms with Crippen LogP contribution in [0.5, 0.6) is 5.75 Å². The summed E-state index contributed by atoms with van der Waals surface area (Å²) in [6.07, 6.45) is 7.02. The molecule has 0 aliphatic heterocycles. The Morgan fingerprint density at radius 1 is 1.35 bits per heavy atom. The van der Waals surface area contributed by atoms with E-state index in [9.17, 15) is 0 Å². The van der Waals surface area contributed by atoms with Gasteiger partial charge in [0.25, 0.3) is 0 Å². The highest BCUT2D eigenvalue weighted by molar-refractivity contribution is 6.31. The standard InChI is InChI=1S/C16H20ClNOSi/c1-2-11-3-7-15(16(20)8-4-11)19-13-6-5-12(10-18)14(17)9-13/h2,5-6,9,11,15-16H,1,3-4,7-8H2,20H3/t11-,15-,16?/m0/s1. The summed E-state index contributed by atoms with van der Waals surface area (Å²) in [4.78, 5) is 0. The highest BCUT2D eigenvalue weighted by Crippen LogP contribution is 2.33. The number of rotatable bonds is 3. The van der Waals surface area contributed by atoms with E-state index >= 15 is 0 Å². The Balaban J connectivity index is 2.07. The number of nitrogens with zero attached hydrogens (tertiary/aromatic N) is 1. The first-order valence-electron chi connectivity index (χ1n) is 7.13. The predicted octanol–water partition coefficient (Wildman–Crippen LogP) is 3.49. The van der Waals surface area contributed by atoms with E-state index in [1.165, 1.54) is 12.8 Å². The van der Waals surface area contributed by atoms with E-state index in [1.54, 1.807) is 12.1 Å². The van der Waals surface area contributed by atoms with E-state index < -0.39 is 0 Å². The molecule has 0 saturated heterocycles. The van der Waals surface area contributed by atoms with Crippen molar-refractivity contribution < 1.29 is 4.74 Å². The zero-order valence-electron chi connectivity index (χ0n) is 11.8. The molecule has 1 aromatic carbocycles. The second-order valence-electron chi connectivity index (χ2n) is 5.54. The van der Waals surface area contributed by atoms with Crippen LogP contribution < -0.4 is 4.74 Å². The van der Waals surface area contributed by atoms with Gasteiger partial charge < -0.3 is 4.74 Å². The van der Waals surface area contributed by atoms with Crippen molar-refractivity contribution in [3.63, 3.8) is 0 Å². The molecule has 0 spiro atoms. The van der Waals surface area contributed by atoms with Crippen LogP contribution in [0.3, 0.4) is 0 Å². The molecule has 1 aliphatic carbocycles. The molecule has 0 N–H and O–H groups in total. The van der Waals surface area contributed by atoms with Gasteiger partial charge in [0.1, 0.15) is 11.8 Å². The van der Waals surface area contributed by atoms with Crippen LogP contribution in [-0.2, 0) is 0 Å². The molecule has 3 atom stereocenters. The number of nitriles is 1. The Morgan fingerprint density at radius 2 is 2.10 bits per heavy atom. The lowest BCUT2D eigenvalue weighted by atomic mass is 10.0. The monoisotopic (exact) mass is 305 g/mol. The van der Waals surface area contributed by atoms with Gasteiger partial charge in [-0.1, -0.05) is 17.7 Å². The molecule has 20 heavy (non-hydrogen) atoms. The van der Waals surface area contributed by atoms with Crippen LogP contribution in [0, 0.1) is 17.2 Å². The lowest BCUT2D eigenvalue weighted by Gasteiger charge is -2.23. The van der Waals surface area contributed by atoms with Gasteiger partial charge in [0.15, 0.2) is 0 Å². The third-order valence-corrected chi connectivity index (χ3v) is 5.76. The topological polar surface area (TPSA) is 33.0 Å². The first-order valence-corrected chi connectivity index (χ1v) is 8.66. The number of hydrogen-bond donors (Lipinski definition) is 0. The van der Waals surface area contributed by atoms with Crippen molar-refractivity contribution in [2.75, 3.05) is 0 Å². The van der Waals surface area contributed by atoms with Gasteiger partial charge in [-0.3, -0.25) is 0 Å². The summed E-state index contributed by atoms with van der Waals surface area (Å²) in [7, 11) is 1.14. The van der Waals surface area contributed by atoms with Crippen molar-refractivity contribution in [3.05, 3.63) is 41.4 Å². The van der Waals surface area contributed by atoms with E-state index in [1.807, 2.05) is 6.07 Å². The number of ether oxygens (including phenoxy) is 1. The Kier molecular flexibility index (Phi) is 5.28. The first-order chi connectivity index (χ1) is 9.63. The van der Waals surface area contributed by atoms with Crippen molar-refractivity contribution in [3.8, 4) is 11.8 Å². The average Bonchev–Trinajstić information content (AvgIpc) is 2.62. The molecule has 1 fully saturated rings. The molecule has 1 unspecified atom stereocenters.